The lowest BCUT2D eigenvalue weighted by Gasteiger charge is -2.40. The van der Waals surface area contributed by atoms with Crippen LogP contribution in [0.1, 0.15) is 58.9 Å². The zero-order valence-corrected chi connectivity index (χ0v) is 19.3. The SMILES string of the molecule is CCCCCCc1cc([B-](OCC)(OCC)OCC)sc1[Si](C)(C)C. The molecule has 0 fully saturated rings. The molecule has 0 amide bonds. The molecule has 1 heterocycles. The maximum atomic E-state index is 6.06. The van der Waals surface area contributed by atoms with Gasteiger partial charge in [0, 0.05) is 19.8 Å². The van der Waals surface area contributed by atoms with Crippen molar-refractivity contribution >= 4 is 35.4 Å². The van der Waals surface area contributed by atoms with Crippen LogP contribution in [0.2, 0.25) is 19.6 Å². The monoisotopic (exact) mass is 385 g/mol. The lowest BCUT2D eigenvalue weighted by Crippen LogP contribution is -2.56. The summed E-state index contributed by atoms with van der Waals surface area (Å²) in [5.74, 6) is 0. The minimum absolute atomic E-state index is 0.589. The minimum Gasteiger partial charge on any atom is -0.540 e. The smallest absolute Gasteiger partial charge is 0.419 e. The second-order valence-corrected chi connectivity index (χ2v) is 14.0. The maximum Gasteiger partial charge on any atom is 0.419 e. The summed E-state index contributed by atoms with van der Waals surface area (Å²) >= 11 is 1.87. The zero-order valence-electron chi connectivity index (χ0n) is 17.4. The van der Waals surface area contributed by atoms with Crippen molar-refractivity contribution in [3.63, 3.8) is 0 Å². The number of thiophene rings is 1. The van der Waals surface area contributed by atoms with Gasteiger partial charge in [0.25, 0.3) is 0 Å². The number of unbranched alkanes of at least 4 members (excludes halogenated alkanes) is 3. The van der Waals surface area contributed by atoms with Crippen LogP contribution in [0.3, 0.4) is 0 Å². The Kier molecular flexibility index (Phi) is 9.96. The van der Waals surface area contributed by atoms with Gasteiger partial charge in [-0.05, 0) is 43.7 Å². The Hall–Kier alpha value is -0.138. The summed E-state index contributed by atoms with van der Waals surface area (Å²) < 4.78 is 20.9. The third-order valence-electron chi connectivity index (χ3n) is 4.32. The summed E-state index contributed by atoms with van der Waals surface area (Å²) in [6.07, 6.45) is 6.34. The van der Waals surface area contributed by atoms with E-state index in [1.54, 1.807) is 4.50 Å². The fraction of sp³-hybridized carbons (Fsp3) is 0.789. The van der Waals surface area contributed by atoms with Gasteiger partial charge >= 0.3 is 6.75 Å². The normalized spacial score (nSPS) is 12.8. The summed E-state index contributed by atoms with van der Waals surface area (Å²) in [6.45, 7) is 15.5. The Morgan fingerprint density at radius 1 is 0.880 bits per heavy atom. The summed E-state index contributed by atoms with van der Waals surface area (Å²) in [5.41, 5.74) is 1.50. The van der Waals surface area contributed by atoms with Gasteiger partial charge in [0.05, 0.1) is 8.07 Å². The Labute approximate surface area is 160 Å². The number of rotatable bonds is 13. The second-order valence-electron chi connectivity index (χ2n) is 7.57. The number of aryl methyl sites for hydroxylation is 1. The molecule has 0 atom stereocenters. The van der Waals surface area contributed by atoms with E-state index in [4.69, 9.17) is 14.0 Å². The average Bonchev–Trinajstić information content (AvgIpc) is 2.97. The first-order valence-corrected chi connectivity index (χ1v) is 14.3. The first-order chi connectivity index (χ1) is 11.8. The van der Waals surface area contributed by atoms with E-state index >= 15 is 0 Å². The molecule has 0 radical (unpaired) electrons. The first kappa shape index (κ1) is 22.9. The van der Waals surface area contributed by atoms with Crippen LogP contribution in [0, 0.1) is 0 Å². The summed E-state index contributed by atoms with van der Waals surface area (Å²) in [4.78, 5) is 0. The van der Waals surface area contributed by atoms with Crippen LogP contribution in [0.5, 0.6) is 0 Å². The Morgan fingerprint density at radius 3 is 1.88 bits per heavy atom. The maximum absolute atomic E-state index is 6.06. The van der Waals surface area contributed by atoms with Gasteiger partial charge in [-0.2, -0.15) is 11.3 Å². The van der Waals surface area contributed by atoms with Crippen LogP contribution in [-0.2, 0) is 20.4 Å². The summed E-state index contributed by atoms with van der Waals surface area (Å²) in [6, 6.07) is 2.32. The highest BCUT2D eigenvalue weighted by atomic mass is 32.1. The fourth-order valence-electron chi connectivity index (χ4n) is 3.24. The van der Waals surface area contributed by atoms with Crippen molar-refractivity contribution in [1.82, 2.24) is 0 Å². The molecule has 0 aliphatic heterocycles. The summed E-state index contributed by atoms with van der Waals surface area (Å²) in [7, 11) is -1.41. The summed E-state index contributed by atoms with van der Waals surface area (Å²) in [5, 5.41) is 0. The molecule has 25 heavy (non-hydrogen) atoms. The third-order valence-corrected chi connectivity index (χ3v) is 9.25. The topological polar surface area (TPSA) is 27.7 Å². The van der Waals surface area contributed by atoms with Gasteiger partial charge in [-0.15, -0.1) is 0 Å². The van der Waals surface area contributed by atoms with Crippen molar-refractivity contribution < 1.29 is 14.0 Å². The van der Waals surface area contributed by atoms with Crippen LogP contribution in [0.15, 0.2) is 6.07 Å². The predicted molar refractivity (Wildman–Crippen MR) is 115 cm³/mol. The van der Waals surface area contributed by atoms with Crippen LogP contribution < -0.4 is 9.28 Å². The van der Waals surface area contributed by atoms with Crippen LogP contribution in [0.25, 0.3) is 0 Å². The molecule has 0 saturated heterocycles. The number of hydrogen-bond acceptors (Lipinski definition) is 4. The fourth-order valence-corrected chi connectivity index (χ4v) is 7.05. The van der Waals surface area contributed by atoms with E-state index in [1.807, 2.05) is 32.1 Å². The van der Waals surface area contributed by atoms with E-state index in [0.717, 1.165) is 11.2 Å². The van der Waals surface area contributed by atoms with E-state index in [9.17, 15) is 0 Å². The van der Waals surface area contributed by atoms with Crippen molar-refractivity contribution in [3.8, 4) is 0 Å². The van der Waals surface area contributed by atoms with Gasteiger partial charge < -0.3 is 14.0 Å². The highest BCUT2D eigenvalue weighted by Crippen LogP contribution is 2.20. The van der Waals surface area contributed by atoms with Crippen molar-refractivity contribution in [2.75, 3.05) is 19.8 Å². The predicted octanol–water partition coefficient (Wildman–Crippen LogP) is 4.67. The van der Waals surface area contributed by atoms with E-state index in [-0.39, 0.29) is 0 Å². The lowest BCUT2D eigenvalue weighted by atomic mass is 9.75. The Morgan fingerprint density at radius 2 is 1.44 bits per heavy atom. The van der Waals surface area contributed by atoms with Crippen LogP contribution in [0.4, 0.5) is 0 Å². The largest absolute Gasteiger partial charge is 0.540 e. The van der Waals surface area contributed by atoms with Crippen molar-refractivity contribution in [3.05, 3.63) is 11.6 Å². The Bertz CT molecular complexity index is 482. The molecule has 0 N–H and O–H groups in total. The highest BCUT2D eigenvalue weighted by Gasteiger charge is 2.35. The molecule has 0 aromatic carbocycles. The molecule has 146 valence electrons. The van der Waals surface area contributed by atoms with E-state index < -0.39 is 14.8 Å². The molecule has 1 aromatic rings. The van der Waals surface area contributed by atoms with Crippen molar-refractivity contribution in [2.45, 2.75) is 79.4 Å². The van der Waals surface area contributed by atoms with Gasteiger partial charge in [0.1, 0.15) is 0 Å². The van der Waals surface area contributed by atoms with Crippen molar-refractivity contribution in [2.24, 2.45) is 0 Å². The van der Waals surface area contributed by atoms with E-state index in [1.165, 1.54) is 31.2 Å². The van der Waals surface area contributed by atoms with E-state index in [0.29, 0.717) is 19.8 Å². The van der Waals surface area contributed by atoms with Gasteiger partial charge in [-0.3, -0.25) is 0 Å². The highest BCUT2D eigenvalue weighted by molar-refractivity contribution is 7.34. The molecule has 3 nitrogen and oxygen atoms in total. The Balaban J connectivity index is 3.20. The molecule has 0 aliphatic carbocycles. The molecule has 1 rings (SSSR count). The molecule has 0 bridgehead atoms. The molecule has 0 spiro atoms. The molecule has 0 unspecified atom stereocenters. The second kappa shape index (κ2) is 10.9. The van der Waals surface area contributed by atoms with Gasteiger partial charge in [0.2, 0.25) is 0 Å². The third kappa shape index (κ3) is 6.51. The minimum atomic E-state index is -1.82. The zero-order chi connectivity index (χ0) is 18.9. The van der Waals surface area contributed by atoms with Gasteiger partial charge in [0.15, 0.2) is 0 Å². The molecule has 0 saturated carbocycles. The van der Waals surface area contributed by atoms with Gasteiger partial charge in [-0.1, -0.05) is 56.7 Å². The van der Waals surface area contributed by atoms with Crippen LogP contribution in [-0.4, -0.2) is 34.6 Å². The van der Waals surface area contributed by atoms with Crippen molar-refractivity contribution in [1.29, 1.82) is 0 Å². The molecule has 0 aliphatic rings. The molecule has 1 aromatic heterocycles. The van der Waals surface area contributed by atoms with E-state index in [2.05, 4.69) is 32.6 Å². The quantitative estimate of drug-likeness (QED) is 0.365. The first-order valence-electron chi connectivity index (χ1n) is 10.0. The average molecular weight is 385 g/mol. The lowest BCUT2D eigenvalue weighted by molar-refractivity contribution is 0.0866. The molecule has 6 heteroatoms. The number of hydrogen-bond donors (Lipinski definition) is 0. The van der Waals surface area contributed by atoms with Crippen LogP contribution >= 0.6 is 11.3 Å². The van der Waals surface area contributed by atoms with Gasteiger partial charge in [-0.25, -0.2) is 0 Å². The molecular formula is C19H38BO3SSi-. The standard InChI is InChI=1S/C19H38BO3SSi/c1-8-12-13-14-15-17-16-18(24-19(17)25(5,6)7)20(21-9-2,22-10-3)23-11-4/h16H,8-15H2,1-7H3/q-1. The molecular weight excluding hydrogens is 347 g/mol.